The number of fused-ring (bicyclic) bond motifs is 1. The van der Waals surface area contributed by atoms with Crippen LogP contribution in [0.3, 0.4) is 0 Å². The number of amides is 1. The van der Waals surface area contributed by atoms with E-state index in [4.69, 9.17) is 11.6 Å². The van der Waals surface area contributed by atoms with Crippen LogP contribution in [0.5, 0.6) is 0 Å². The van der Waals surface area contributed by atoms with Gasteiger partial charge in [0.25, 0.3) is 0 Å². The summed E-state index contributed by atoms with van der Waals surface area (Å²) >= 11 is 8.06. The van der Waals surface area contributed by atoms with E-state index in [2.05, 4.69) is 22.8 Å². The fraction of sp³-hybridized carbons (Fsp3) is 0.105. The molecular formula is C19H14ClNOS. The number of halogens is 1. The molecule has 0 bridgehead atoms. The topological polar surface area (TPSA) is 29.1 Å². The minimum Gasteiger partial charge on any atom is -0.325 e. The molecule has 4 heteroatoms. The Hall–Kier alpha value is -2.10. The molecule has 114 valence electrons. The van der Waals surface area contributed by atoms with E-state index in [-0.39, 0.29) is 11.8 Å². The van der Waals surface area contributed by atoms with Crippen LogP contribution >= 0.6 is 22.9 Å². The zero-order valence-corrected chi connectivity index (χ0v) is 13.8. The molecule has 2 aromatic carbocycles. The van der Waals surface area contributed by atoms with Crippen LogP contribution in [0.25, 0.3) is 11.1 Å². The number of hydrogen-bond acceptors (Lipinski definition) is 2. The molecule has 1 atom stereocenters. The van der Waals surface area contributed by atoms with Crippen molar-refractivity contribution < 1.29 is 4.79 Å². The highest BCUT2D eigenvalue weighted by atomic mass is 35.5. The lowest BCUT2D eigenvalue weighted by Gasteiger charge is -2.24. The normalized spacial score (nSPS) is 16.7. The fourth-order valence-corrected chi connectivity index (χ4v) is 4.49. The van der Waals surface area contributed by atoms with Crippen molar-refractivity contribution in [3.63, 3.8) is 0 Å². The molecule has 2 heterocycles. The van der Waals surface area contributed by atoms with E-state index in [1.165, 1.54) is 4.88 Å². The molecule has 1 N–H and O–H groups in total. The van der Waals surface area contributed by atoms with Crippen LogP contribution in [-0.4, -0.2) is 5.91 Å². The summed E-state index contributed by atoms with van der Waals surface area (Å²) in [6.45, 7) is 0. The fourth-order valence-electron chi connectivity index (χ4n) is 3.07. The monoisotopic (exact) mass is 339 g/mol. The number of carbonyl (C=O) groups excluding carboxylic acids is 1. The molecule has 0 saturated heterocycles. The zero-order valence-electron chi connectivity index (χ0n) is 12.3. The zero-order chi connectivity index (χ0) is 15.8. The number of nitrogens with one attached hydrogen (secondary N) is 1. The lowest BCUT2D eigenvalue weighted by molar-refractivity contribution is -0.116. The van der Waals surface area contributed by atoms with Crippen molar-refractivity contribution in [3.8, 4) is 11.1 Å². The van der Waals surface area contributed by atoms with Gasteiger partial charge in [-0.2, -0.15) is 0 Å². The van der Waals surface area contributed by atoms with Gasteiger partial charge < -0.3 is 5.32 Å². The Morgan fingerprint density at radius 3 is 2.57 bits per heavy atom. The van der Waals surface area contributed by atoms with Gasteiger partial charge in [0.2, 0.25) is 5.91 Å². The summed E-state index contributed by atoms with van der Waals surface area (Å²) in [7, 11) is 0. The van der Waals surface area contributed by atoms with E-state index in [9.17, 15) is 4.79 Å². The second kappa shape index (κ2) is 5.84. The van der Waals surface area contributed by atoms with Gasteiger partial charge in [0.1, 0.15) is 0 Å². The molecule has 23 heavy (non-hydrogen) atoms. The van der Waals surface area contributed by atoms with Gasteiger partial charge in [0.05, 0.1) is 5.69 Å². The highest BCUT2D eigenvalue weighted by molar-refractivity contribution is 7.11. The highest BCUT2D eigenvalue weighted by Gasteiger charge is 2.31. The molecular weight excluding hydrogens is 326 g/mol. The Bertz CT molecular complexity index is 872. The SMILES string of the molecule is O=C1C[C@@H](c2ccccc2Cl)c2scc(-c3ccccc3)c2N1. The first kappa shape index (κ1) is 14.5. The third-order valence-electron chi connectivity index (χ3n) is 4.16. The summed E-state index contributed by atoms with van der Waals surface area (Å²) in [5, 5.41) is 5.89. The van der Waals surface area contributed by atoms with E-state index in [1.54, 1.807) is 11.3 Å². The van der Waals surface area contributed by atoms with Gasteiger partial charge in [-0.25, -0.2) is 0 Å². The first-order valence-corrected chi connectivity index (χ1v) is 8.71. The van der Waals surface area contributed by atoms with E-state index in [0.717, 1.165) is 22.4 Å². The largest absolute Gasteiger partial charge is 0.325 e. The van der Waals surface area contributed by atoms with E-state index in [1.807, 2.05) is 42.5 Å². The molecule has 0 radical (unpaired) electrons. The first-order valence-electron chi connectivity index (χ1n) is 7.45. The predicted octanol–water partition coefficient (Wildman–Crippen LogP) is 5.54. The summed E-state index contributed by atoms with van der Waals surface area (Å²) in [6.07, 6.45) is 0.436. The van der Waals surface area contributed by atoms with E-state index >= 15 is 0 Å². The lowest BCUT2D eigenvalue weighted by Crippen LogP contribution is -2.22. The van der Waals surface area contributed by atoms with Gasteiger partial charge in [-0.1, -0.05) is 60.1 Å². The summed E-state index contributed by atoms with van der Waals surface area (Å²) in [6, 6.07) is 17.9. The smallest absolute Gasteiger partial charge is 0.225 e. The maximum absolute atomic E-state index is 12.3. The maximum Gasteiger partial charge on any atom is 0.225 e. The van der Waals surface area contributed by atoms with Crippen molar-refractivity contribution in [3.05, 3.63) is 75.4 Å². The average Bonchev–Trinajstić information content (AvgIpc) is 2.99. The summed E-state index contributed by atoms with van der Waals surface area (Å²) in [4.78, 5) is 13.4. The van der Waals surface area contributed by atoms with Gasteiger partial charge in [0.15, 0.2) is 0 Å². The lowest BCUT2D eigenvalue weighted by atomic mass is 9.89. The molecule has 1 amide bonds. The molecule has 0 aliphatic carbocycles. The number of hydrogen-bond donors (Lipinski definition) is 1. The molecule has 4 rings (SSSR count). The summed E-state index contributed by atoms with van der Waals surface area (Å²) < 4.78 is 0. The molecule has 1 aromatic heterocycles. The van der Waals surface area contributed by atoms with Crippen LogP contribution in [0.2, 0.25) is 5.02 Å². The standard InChI is InChI=1S/C19H14ClNOS/c20-16-9-5-4-8-13(16)14-10-17(22)21-18-15(11-23-19(14)18)12-6-2-1-3-7-12/h1-9,11,14H,10H2,(H,21,22)/t14-/m0/s1. The Kier molecular flexibility index (Phi) is 3.68. The van der Waals surface area contributed by atoms with Crippen molar-refractivity contribution in [2.75, 3.05) is 5.32 Å². The predicted molar refractivity (Wildman–Crippen MR) is 96.3 cm³/mol. The third-order valence-corrected chi connectivity index (χ3v) is 5.60. The molecule has 2 nitrogen and oxygen atoms in total. The minimum absolute atomic E-state index is 0.0231. The van der Waals surface area contributed by atoms with Crippen molar-refractivity contribution in [1.82, 2.24) is 0 Å². The van der Waals surface area contributed by atoms with Crippen molar-refractivity contribution >= 4 is 34.5 Å². The van der Waals surface area contributed by atoms with Gasteiger partial charge in [-0.05, 0) is 17.2 Å². The van der Waals surface area contributed by atoms with Crippen LogP contribution in [0.15, 0.2) is 60.0 Å². The Labute approximate surface area is 143 Å². The number of rotatable bonds is 2. The average molecular weight is 340 g/mol. The number of anilines is 1. The van der Waals surface area contributed by atoms with E-state index < -0.39 is 0 Å². The molecule has 1 aliphatic heterocycles. The molecule has 0 spiro atoms. The van der Waals surface area contributed by atoms with Crippen LogP contribution in [0.4, 0.5) is 5.69 Å². The Balaban J connectivity index is 1.85. The van der Waals surface area contributed by atoms with Crippen LogP contribution in [-0.2, 0) is 4.79 Å². The Morgan fingerprint density at radius 2 is 1.78 bits per heavy atom. The minimum atomic E-state index is 0.0231. The van der Waals surface area contributed by atoms with E-state index in [0.29, 0.717) is 11.4 Å². The molecule has 0 unspecified atom stereocenters. The van der Waals surface area contributed by atoms with Gasteiger partial charge >= 0.3 is 0 Å². The molecule has 0 fully saturated rings. The van der Waals surface area contributed by atoms with Gasteiger partial charge in [-0.3, -0.25) is 4.79 Å². The van der Waals surface area contributed by atoms with Gasteiger partial charge in [-0.15, -0.1) is 11.3 Å². The quantitative estimate of drug-likeness (QED) is 0.652. The van der Waals surface area contributed by atoms with Crippen LogP contribution in [0.1, 0.15) is 22.8 Å². The van der Waals surface area contributed by atoms with Crippen molar-refractivity contribution in [2.24, 2.45) is 0 Å². The van der Waals surface area contributed by atoms with Crippen molar-refractivity contribution in [1.29, 1.82) is 0 Å². The number of thiophene rings is 1. The second-order valence-electron chi connectivity index (χ2n) is 5.58. The van der Waals surface area contributed by atoms with Crippen molar-refractivity contribution in [2.45, 2.75) is 12.3 Å². The van der Waals surface area contributed by atoms with Crippen LogP contribution < -0.4 is 5.32 Å². The molecule has 1 aliphatic rings. The summed E-state index contributed by atoms with van der Waals surface area (Å²) in [5.41, 5.74) is 4.15. The molecule has 0 saturated carbocycles. The van der Waals surface area contributed by atoms with Gasteiger partial charge in [0, 0.05) is 33.2 Å². The second-order valence-corrected chi connectivity index (χ2v) is 6.90. The Morgan fingerprint density at radius 1 is 1.04 bits per heavy atom. The number of carbonyl (C=O) groups is 1. The number of benzene rings is 2. The highest BCUT2D eigenvalue weighted by Crippen LogP contribution is 2.47. The molecule has 3 aromatic rings. The first-order chi connectivity index (χ1) is 11.2. The maximum atomic E-state index is 12.3. The van der Waals surface area contributed by atoms with Crippen LogP contribution in [0, 0.1) is 0 Å². The summed E-state index contributed by atoms with van der Waals surface area (Å²) in [5.74, 6) is 0.0629. The third kappa shape index (κ3) is 2.56.